The van der Waals surface area contributed by atoms with Gasteiger partial charge in [-0.25, -0.2) is 4.98 Å². The number of amides is 1. The van der Waals surface area contributed by atoms with Crippen molar-refractivity contribution in [2.75, 3.05) is 20.3 Å². The molecule has 0 radical (unpaired) electrons. The van der Waals surface area contributed by atoms with Crippen LogP contribution in [0, 0.1) is 6.92 Å². The zero-order valence-corrected chi connectivity index (χ0v) is 23.2. The SMILES string of the molecule is COc1ccccc1C(Cn1nc(C(C)(C)C(N)=O)c(=O)c2c(C)c(-c3ncco3)sc21)OC1CCOCC1. The fraction of sp³-hybridized carbons (Fsp3) is 0.429. The van der Waals surface area contributed by atoms with Gasteiger partial charge in [0.25, 0.3) is 0 Å². The molecule has 4 aromatic rings. The number of hydrogen-bond acceptors (Lipinski definition) is 9. The average molecular weight is 553 g/mol. The number of ether oxygens (including phenoxy) is 3. The van der Waals surface area contributed by atoms with Crippen LogP contribution >= 0.6 is 11.3 Å². The van der Waals surface area contributed by atoms with E-state index in [0.717, 1.165) is 23.3 Å². The summed E-state index contributed by atoms with van der Waals surface area (Å²) in [5.74, 6) is 0.459. The van der Waals surface area contributed by atoms with Gasteiger partial charge in [-0.1, -0.05) is 18.2 Å². The molecule has 1 fully saturated rings. The lowest BCUT2D eigenvalue weighted by Crippen LogP contribution is -2.41. The maximum Gasteiger partial charge on any atom is 0.236 e. The van der Waals surface area contributed by atoms with Crippen molar-refractivity contribution in [2.45, 2.75) is 57.8 Å². The Bertz CT molecular complexity index is 1540. The Balaban J connectivity index is 1.70. The lowest BCUT2D eigenvalue weighted by atomic mass is 9.87. The molecule has 11 heteroatoms. The molecule has 10 nitrogen and oxygen atoms in total. The van der Waals surface area contributed by atoms with E-state index in [9.17, 15) is 9.59 Å². The summed E-state index contributed by atoms with van der Waals surface area (Å²) in [6.45, 7) is 6.60. The third-order valence-corrected chi connectivity index (χ3v) is 8.50. The van der Waals surface area contributed by atoms with E-state index in [-0.39, 0.29) is 23.8 Å². The number of nitrogens with zero attached hydrogens (tertiary/aromatic N) is 3. The van der Waals surface area contributed by atoms with E-state index in [1.807, 2.05) is 31.2 Å². The van der Waals surface area contributed by atoms with Crippen molar-refractivity contribution in [2.24, 2.45) is 5.73 Å². The van der Waals surface area contributed by atoms with E-state index in [1.54, 1.807) is 31.8 Å². The van der Waals surface area contributed by atoms with Gasteiger partial charge < -0.3 is 24.4 Å². The first-order valence-corrected chi connectivity index (χ1v) is 13.6. The Morgan fingerprint density at radius 1 is 1.28 bits per heavy atom. The van der Waals surface area contributed by atoms with Crippen LogP contribution in [0.15, 0.2) is 45.9 Å². The molecule has 5 rings (SSSR count). The lowest BCUT2D eigenvalue weighted by molar-refractivity contribution is -0.122. The molecule has 4 heterocycles. The van der Waals surface area contributed by atoms with Gasteiger partial charge in [-0.3, -0.25) is 14.3 Å². The number of thiophene rings is 1. The van der Waals surface area contributed by atoms with Gasteiger partial charge in [-0.05, 0) is 45.2 Å². The quantitative estimate of drug-likeness (QED) is 0.328. The van der Waals surface area contributed by atoms with Crippen LogP contribution in [0.1, 0.15) is 49.6 Å². The van der Waals surface area contributed by atoms with Crippen molar-refractivity contribution in [3.05, 3.63) is 63.8 Å². The van der Waals surface area contributed by atoms with Crippen molar-refractivity contribution in [3.63, 3.8) is 0 Å². The number of aryl methyl sites for hydroxylation is 1. The van der Waals surface area contributed by atoms with Crippen LogP contribution in [0.5, 0.6) is 5.75 Å². The van der Waals surface area contributed by atoms with Gasteiger partial charge >= 0.3 is 0 Å². The Hall–Kier alpha value is -3.54. The van der Waals surface area contributed by atoms with E-state index >= 15 is 0 Å². The number of aromatic nitrogens is 3. The van der Waals surface area contributed by atoms with E-state index in [1.165, 1.54) is 17.6 Å². The van der Waals surface area contributed by atoms with Crippen molar-refractivity contribution in [1.82, 2.24) is 14.8 Å². The van der Waals surface area contributed by atoms with Crippen molar-refractivity contribution < 1.29 is 23.4 Å². The molecule has 0 bridgehead atoms. The molecule has 1 aliphatic heterocycles. The Morgan fingerprint density at radius 3 is 2.69 bits per heavy atom. The third kappa shape index (κ3) is 5.09. The largest absolute Gasteiger partial charge is 0.496 e. The number of oxazole rings is 1. The highest BCUT2D eigenvalue weighted by atomic mass is 32.1. The van der Waals surface area contributed by atoms with Crippen molar-refractivity contribution in [1.29, 1.82) is 0 Å². The molecule has 0 saturated carbocycles. The van der Waals surface area contributed by atoms with Crippen LogP contribution in [0.4, 0.5) is 0 Å². The zero-order valence-electron chi connectivity index (χ0n) is 22.4. The molecule has 1 amide bonds. The number of primary amides is 1. The first-order valence-electron chi connectivity index (χ1n) is 12.8. The number of rotatable bonds is 9. The summed E-state index contributed by atoms with van der Waals surface area (Å²) in [6.07, 6.45) is 4.11. The van der Waals surface area contributed by atoms with Gasteiger partial charge in [-0.2, -0.15) is 5.10 Å². The second kappa shape index (κ2) is 10.9. The summed E-state index contributed by atoms with van der Waals surface area (Å²) in [6, 6.07) is 7.70. The smallest absolute Gasteiger partial charge is 0.236 e. The van der Waals surface area contributed by atoms with Crippen LogP contribution in [-0.4, -0.2) is 47.1 Å². The molecule has 0 aliphatic carbocycles. The van der Waals surface area contributed by atoms with E-state index in [4.69, 9.17) is 29.5 Å². The van der Waals surface area contributed by atoms with Crippen LogP contribution in [-0.2, 0) is 26.2 Å². The molecule has 2 N–H and O–H groups in total. The first-order chi connectivity index (χ1) is 18.7. The minimum atomic E-state index is -1.30. The van der Waals surface area contributed by atoms with Gasteiger partial charge in [0.1, 0.15) is 28.6 Å². The highest BCUT2D eigenvalue weighted by Gasteiger charge is 2.35. The van der Waals surface area contributed by atoms with E-state index in [2.05, 4.69) is 4.98 Å². The molecule has 1 atom stereocenters. The van der Waals surface area contributed by atoms with Crippen LogP contribution in [0.25, 0.3) is 21.0 Å². The summed E-state index contributed by atoms with van der Waals surface area (Å²) >= 11 is 1.36. The van der Waals surface area contributed by atoms with Gasteiger partial charge in [0.15, 0.2) is 0 Å². The zero-order chi connectivity index (χ0) is 27.7. The second-order valence-corrected chi connectivity index (χ2v) is 11.1. The summed E-state index contributed by atoms with van der Waals surface area (Å²) in [7, 11) is 1.62. The monoisotopic (exact) mass is 552 g/mol. The number of methoxy groups -OCH3 is 1. The summed E-state index contributed by atoms with van der Waals surface area (Å²) in [4.78, 5) is 31.9. The molecule has 1 aliphatic rings. The number of hydrogen-bond donors (Lipinski definition) is 1. The van der Waals surface area contributed by atoms with Crippen LogP contribution < -0.4 is 15.9 Å². The molecule has 39 heavy (non-hydrogen) atoms. The number of fused-ring (bicyclic) bond motifs is 1. The molecule has 1 saturated heterocycles. The number of para-hydroxylation sites is 1. The van der Waals surface area contributed by atoms with Crippen LogP contribution in [0.3, 0.4) is 0 Å². The van der Waals surface area contributed by atoms with E-state index < -0.39 is 17.4 Å². The molecular formula is C28H32N4O6S. The predicted octanol–water partition coefficient (Wildman–Crippen LogP) is 4.13. The normalized spacial score (nSPS) is 15.5. The lowest BCUT2D eigenvalue weighted by Gasteiger charge is -2.29. The number of carbonyl (C=O) groups excluding carboxylic acids is 1. The van der Waals surface area contributed by atoms with Crippen LogP contribution in [0.2, 0.25) is 0 Å². The third-order valence-electron chi connectivity index (χ3n) is 7.21. The fourth-order valence-corrected chi connectivity index (χ4v) is 6.02. The average Bonchev–Trinajstić information content (AvgIpc) is 3.58. The Labute approximate surface area is 229 Å². The summed E-state index contributed by atoms with van der Waals surface area (Å²) < 4.78 is 25.2. The second-order valence-electron chi connectivity index (χ2n) is 10.1. The predicted molar refractivity (Wildman–Crippen MR) is 147 cm³/mol. The number of benzene rings is 1. The minimum Gasteiger partial charge on any atom is -0.496 e. The van der Waals surface area contributed by atoms with Gasteiger partial charge in [0.2, 0.25) is 17.2 Å². The highest BCUT2D eigenvalue weighted by Crippen LogP contribution is 2.38. The number of carbonyl (C=O) groups is 1. The first kappa shape index (κ1) is 27.0. The van der Waals surface area contributed by atoms with Gasteiger partial charge in [-0.15, -0.1) is 11.3 Å². The summed E-state index contributed by atoms with van der Waals surface area (Å²) in [5, 5.41) is 5.22. The van der Waals surface area contributed by atoms with Crippen molar-refractivity contribution in [3.8, 4) is 16.5 Å². The van der Waals surface area contributed by atoms with Crippen molar-refractivity contribution >= 4 is 27.5 Å². The number of nitrogens with two attached hydrogens (primary N) is 1. The molecule has 206 valence electrons. The maximum atomic E-state index is 13.8. The minimum absolute atomic E-state index is 0.0157. The van der Waals surface area contributed by atoms with E-state index in [0.29, 0.717) is 40.6 Å². The Kier molecular flexibility index (Phi) is 7.57. The maximum absolute atomic E-state index is 13.8. The summed E-state index contributed by atoms with van der Waals surface area (Å²) in [5.41, 5.74) is 5.74. The molecule has 3 aromatic heterocycles. The fourth-order valence-electron chi connectivity index (χ4n) is 4.81. The molecular weight excluding hydrogens is 520 g/mol. The topological polar surface area (TPSA) is 132 Å². The Morgan fingerprint density at radius 2 is 2.03 bits per heavy atom. The molecule has 0 spiro atoms. The molecule has 1 aromatic carbocycles. The van der Waals surface area contributed by atoms with Gasteiger partial charge in [0, 0.05) is 18.8 Å². The molecule has 1 unspecified atom stereocenters. The van der Waals surface area contributed by atoms with Gasteiger partial charge in [0.05, 0.1) is 41.6 Å². The standard InChI is InChI=1S/C28H32N4O6S/c1-16-21-22(33)24(28(2,3)27(29)34)31-32(26(21)39-23(16)25-30-11-14-37-25)15-20(38-17-9-12-36-13-10-17)18-7-5-6-8-19(18)35-4/h5-8,11,14,17,20H,9-10,12-13,15H2,1-4H3,(H2,29,34). The highest BCUT2D eigenvalue weighted by molar-refractivity contribution is 7.22.